The maximum Gasteiger partial charge on any atom is 0.417 e. The Labute approximate surface area is 121 Å². The van der Waals surface area contributed by atoms with Gasteiger partial charge < -0.3 is 9.73 Å². The summed E-state index contributed by atoms with van der Waals surface area (Å²) in [5, 5.41) is 10.9. The van der Waals surface area contributed by atoms with Gasteiger partial charge in [0, 0.05) is 5.69 Å². The number of hydrogen-bond donors (Lipinski definition) is 1. The molecule has 1 aromatic carbocycles. The third-order valence-corrected chi connectivity index (χ3v) is 2.70. The molecule has 4 nitrogen and oxygen atoms in total. The number of rotatable bonds is 2. The number of hydrogen-bond acceptors (Lipinski definition) is 3. The number of nitrogens with zero attached hydrogens (tertiary/aromatic N) is 1. The lowest BCUT2D eigenvalue weighted by atomic mass is 10.1. The van der Waals surface area contributed by atoms with Gasteiger partial charge >= 0.3 is 6.18 Å². The van der Waals surface area contributed by atoms with Crippen molar-refractivity contribution in [2.24, 2.45) is 0 Å². The fourth-order valence-corrected chi connectivity index (χ4v) is 1.73. The maximum atomic E-state index is 12.8. The maximum absolute atomic E-state index is 12.8. The van der Waals surface area contributed by atoms with Crippen LogP contribution in [-0.4, -0.2) is 5.91 Å². The van der Waals surface area contributed by atoms with Gasteiger partial charge in [-0.15, -0.1) is 0 Å². The van der Waals surface area contributed by atoms with E-state index >= 15 is 0 Å². The van der Waals surface area contributed by atoms with Gasteiger partial charge in [-0.05, 0) is 41.9 Å². The van der Waals surface area contributed by atoms with Crippen molar-refractivity contribution in [3.05, 3.63) is 52.4 Å². The summed E-state index contributed by atoms with van der Waals surface area (Å²) in [6.45, 7) is 0. The summed E-state index contributed by atoms with van der Waals surface area (Å²) in [6.07, 6.45) is -4.69. The number of furan rings is 1. The largest absolute Gasteiger partial charge is 0.440 e. The predicted octanol–water partition coefficient (Wildman–Crippen LogP) is 4.08. The van der Waals surface area contributed by atoms with E-state index in [1.165, 1.54) is 24.3 Å². The Morgan fingerprint density at radius 1 is 1.29 bits per heavy atom. The first-order valence-corrected chi connectivity index (χ1v) is 5.87. The highest BCUT2D eigenvalue weighted by atomic mass is 35.5. The molecule has 1 amide bonds. The third kappa shape index (κ3) is 3.35. The molecule has 0 aliphatic heterocycles. The number of benzene rings is 1. The number of anilines is 1. The quantitative estimate of drug-likeness (QED) is 0.908. The van der Waals surface area contributed by atoms with Crippen LogP contribution >= 0.6 is 11.6 Å². The topological polar surface area (TPSA) is 66.0 Å². The van der Waals surface area contributed by atoms with Crippen molar-refractivity contribution in [2.75, 3.05) is 5.32 Å². The molecule has 0 atom stereocenters. The summed E-state index contributed by atoms with van der Waals surface area (Å²) in [7, 11) is 0. The average Bonchev–Trinajstić information content (AvgIpc) is 2.84. The van der Waals surface area contributed by atoms with Crippen LogP contribution in [0.5, 0.6) is 0 Å². The molecular weight excluding hydrogens is 309 g/mol. The van der Waals surface area contributed by atoms with E-state index in [2.05, 4.69) is 5.32 Å². The van der Waals surface area contributed by atoms with E-state index in [-0.39, 0.29) is 16.7 Å². The second-order valence-corrected chi connectivity index (χ2v) is 4.30. The molecule has 108 valence electrons. The molecule has 2 aromatic rings. The smallest absolute Gasteiger partial charge is 0.417 e. The van der Waals surface area contributed by atoms with Gasteiger partial charge in [0.2, 0.25) is 0 Å². The molecule has 21 heavy (non-hydrogen) atoms. The second kappa shape index (κ2) is 5.50. The van der Waals surface area contributed by atoms with E-state index in [1.807, 2.05) is 0 Å². The van der Waals surface area contributed by atoms with Gasteiger partial charge in [0.05, 0.1) is 17.2 Å². The number of carbonyl (C=O) groups excluding carboxylic acids is 1. The van der Waals surface area contributed by atoms with Gasteiger partial charge in [-0.3, -0.25) is 4.79 Å². The second-order valence-electron chi connectivity index (χ2n) is 3.93. The minimum atomic E-state index is -4.69. The van der Waals surface area contributed by atoms with E-state index < -0.39 is 23.2 Å². The SMILES string of the molecule is N#Cc1ccc(NC(=O)c2ccc(Cl)o2)cc1C(F)(F)F. The fraction of sp³-hybridized carbons (Fsp3) is 0.0769. The standard InChI is InChI=1S/C13H6ClF3N2O2/c14-11-4-3-10(21-11)12(20)19-8-2-1-7(6-18)9(5-8)13(15,16)17/h1-5H,(H,19,20). The Kier molecular flexibility index (Phi) is 3.91. The number of nitrogens with one attached hydrogen (secondary N) is 1. The number of alkyl halides is 3. The monoisotopic (exact) mass is 314 g/mol. The number of halogens is 4. The zero-order valence-corrected chi connectivity index (χ0v) is 10.9. The van der Waals surface area contributed by atoms with Crippen LogP contribution in [0.4, 0.5) is 18.9 Å². The molecule has 0 saturated carbocycles. The lowest BCUT2D eigenvalue weighted by Gasteiger charge is -2.11. The molecule has 0 aliphatic rings. The predicted molar refractivity (Wildman–Crippen MR) is 67.8 cm³/mol. The van der Waals surface area contributed by atoms with Crippen molar-refractivity contribution >= 4 is 23.2 Å². The van der Waals surface area contributed by atoms with Crippen molar-refractivity contribution < 1.29 is 22.4 Å². The summed E-state index contributed by atoms with van der Waals surface area (Å²) in [4.78, 5) is 11.7. The lowest BCUT2D eigenvalue weighted by Crippen LogP contribution is -2.13. The molecule has 8 heteroatoms. The molecule has 1 N–H and O–H groups in total. The first-order valence-electron chi connectivity index (χ1n) is 5.49. The van der Waals surface area contributed by atoms with E-state index in [4.69, 9.17) is 21.3 Å². The molecule has 0 radical (unpaired) electrons. The molecule has 0 bridgehead atoms. The van der Waals surface area contributed by atoms with Gasteiger partial charge in [0.15, 0.2) is 11.0 Å². The van der Waals surface area contributed by atoms with Crippen molar-refractivity contribution in [2.45, 2.75) is 6.18 Å². The molecule has 1 aromatic heterocycles. The minimum absolute atomic E-state index is 0.0176. The summed E-state index contributed by atoms with van der Waals surface area (Å²) in [6, 6.07) is 6.91. The Morgan fingerprint density at radius 3 is 2.52 bits per heavy atom. The van der Waals surface area contributed by atoms with Crippen LogP contribution in [0.1, 0.15) is 21.7 Å². The van der Waals surface area contributed by atoms with Crippen molar-refractivity contribution in [3.63, 3.8) is 0 Å². The van der Waals surface area contributed by atoms with Crippen LogP contribution < -0.4 is 5.32 Å². The zero-order chi connectivity index (χ0) is 15.6. The first-order chi connectivity index (χ1) is 9.81. The molecule has 0 unspecified atom stereocenters. The molecular formula is C13H6ClF3N2O2. The number of carbonyl (C=O) groups is 1. The normalized spacial score (nSPS) is 11.0. The van der Waals surface area contributed by atoms with Gasteiger partial charge in [-0.2, -0.15) is 18.4 Å². The van der Waals surface area contributed by atoms with Crippen LogP contribution in [0.3, 0.4) is 0 Å². The summed E-state index contributed by atoms with van der Waals surface area (Å²) >= 11 is 5.50. The average molecular weight is 315 g/mol. The molecule has 0 spiro atoms. The van der Waals surface area contributed by atoms with E-state index in [1.54, 1.807) is 0 Å². The summed E-state index contributed by atoms with van der Waals surface area (Å²) in [5.74, 6) is -0.891. The first kappa shape index (κ1) is 14.9. The molecule has 0 aliphatic carbocycles. The van der Waals surface area contributed by atoms with Crippen molar-refractivity contribution in [3.8, 4) is 6.07 Å². The lowest BCUT2D eigenvalue weighted by molar-refractivity contribution is -0.137. The van der Waals surface area contributed by atoms with E-state index in [0.717, 1.165) is 6.07 Å². The van der Waals surface area contributed by atoms with Gasteiger partial charge in [0.25, 0.3) is 5.91 Å². The Bertz CT molecular complexity index is 732. The molecule has 1 heterocycles. The van der Waals surface area contributed by atoms with Crippen LogP contribution in [0.2, 0.25) is 5.22 Å². The van der Waals surface area contributed by atoms with E-state index in [9.17, 15) is 18.0 Å². The molecule has 0 saturated heterocycles. The van der Waals surface area contributed by atoms with Crippen molar-refractivity contribution in [1.29, 1.82) is 5.26 Å². The molecule has 2 rings (SSSR count). The highest BCUT2D eigenvalue weighted by Gasteiger charge is 2.34. The third-order valence-electron chi connectivity index (χ3n) is 2.50. The van der Waals surface area contributed by atoms with Crippen LogP contribution in [0.25, 0.3) is 0 Å². The Morgan fingerprint density at radius 2 is 2.00 bits per heavy atom. The summed E-state index contributed by atoms with van der Waals surface area (Å²) in [5.41, 5.74) is -1.76. The number of nitriles is 1. The van der Waals surface area contributed by atoms with E-state index in [0.29, 0.717) is 6.07 Å². The Hall–Kier alpha value is -2.46. The van der Waals surface area contributed by atoms with Gasteiger partial charge in [-0.25, -0.2) is 0 Å². The summed E-state index contributed by atoms with van der Waals surface area (Å²) < 4.78 is 43.2. The van der Waals surface area contributed by atoms with Gasteiger partial charge in [0.1, 0.15) is 0 Å². The van der Waals surface area contributed by atoms with Crippen LogP contribution in [0.15, 0.2) is 34.7 Å². The fourth-order valence-electron chi connectivity index (χ4n) is 1.58. The highest BCUT2D eigenvalue weighted by Crippen LogP contribution is 2.33. The van der Waals surface area contributed by atoms with Crippen LogP contribution in [-0.2, 0) is 6.18 Å². The zero-order valence-electron chi connectivity index (χ0n) is 10.2. The van der Waals surface area contributed by atoms with Crippen molar-refractivity contribution in [1.82, 2.24) is 0 Å². The highest BCUT2D eigenvalue weighted by molar-refractivity contribution is 6.29. The Balaban J connectivity index is 2.30. The van der Waals surface area contributed by atoms with Crippen LogP contribution in [0, 0.1) is 11.3 Å². The molecule has 0 fully saturated rings. The minimum Gasteiger partial charge on any atom is -0.440 e. The van der Waals surface area contributed by atoms with Gasteiger partial charge in [-0.1, -0.05) is 0 Å². The number of amides is 1.